The summed E-state index contributed by atoms with van der Waals surface area (Å²) >= 11 is 0. The van der Waals surface area contributed by atoms with Crippen LogP contribution in [0.1, 0.15) is 25.3 Å². The van der Waals surface area contributed by atoms with Crippen LogP contribution in [-0.2, 0) is 11.2 Å². The van der Waals surface area contributed by atoms with Crippen LogP contribution < -0.4 is 9.80 Å². The van der Waals surface area contributed by atoms with Crippen molar-refractivity contribution in [3.8, 4) is 5.82 Å². The Morgan fingerprint density at radius 2 is 1.90 bits per heavy atom. The van der Waals surface area contributed by atoms with Gasteiger partial charge in [0, 0.05) is 37.2 Å². The number of anilines is 2. The molecule has 0 spiro atoms. The average molecular weight is 388 g/mol. The molecule has 0 N–H and O–H groups in total. The van der Waals surface area contributed by atoms with E-state index in [4.69, 9.17) is 0 Å². The van der Waals surface area contributed by atoms with Crippen molar-refractivity contribution in [1.29, 1.82) is 0 Å². The van der Waals surface area contributed by atoms with Gasteiger partial charge in [0.15, 0.2) is 11.6 Å². The fourth-order valence-electron chi connectivity index (χ4n) is 4.50. The zero-order chi connectivity index (χ0) is 19.8. The normalized spacial score (nSPS) is 21.3. The summed E-state index contributed by atoms with van der Waals surface area (Å²) in [5.41, 5.74) is 2.34. The van der Waals surface area contributed by atoms with Gasteiger partial charge in [-0.1, -0.05) is 18.2 Å². The second-order valence-electron chi connectivity index (χ2n) is 7.88. The van der Waals surface area contributed by atoms with Crippen LogP contribution in [0.25, 0.3) is 5.82 Å². The highest BCUT2D eigenvalue weighted by Gasteiger charge is 2.36. The standard InChI is InChI=1S/C22H24N6O/c1-16-14-17-6-2-3-8-19(17)28(16)22(29)18-7-4-12-26(15-18)20-9-10-21(25-24-20)27-13-5-11-23-27/h2-3,5-6,8-11,13,16,18H,4,7,12,14-15H2,1H3/t16-,18+/m0/s1. The van der Waals surface area contributed by atoms with Crippen molar-refractivity contribution < 1.29 is 4.79 Å². The molecule has 2 aliphatic heterocycles. The van der Waals surface area contributed by atoms with Crippen LogP contribution in [0.15, 0.2) is 54.9 Å². The van der Waals surface area contributed by atoms with Crippen molar-refractivity contribution in [1.82, 2.24) is 20.0 Å². The number of benzene rings is 1. The summed E-state index contributed by atoms with van der Waals surface area (Å²) in [6.45, 7) is 3.71. The number of carbonyl (C=O) groups is 1. The number of carbonyl (C=O) groups excluding carboxylic acids is 1. The lowest BCUT2D eigenvalue weighted by atomic mass is 9.96. The van der Waals surface area contributed by atoms with Crippen molar-refractivity contribution in [3.63, 3.8) is 0 Å². The maximum atomic E-state index is 13.4. The van der Waals surface area contributed by atoms with E-state index >= 15 is 0 Å². The molecule has 4 heterocycles. The summed E-state index contributed by atoms with van der Waals surface area (Å²) in [4.78, 5) is 17.6. The van der Waals surface area contributed by atoms with E-state index in [0.29, 0.717) is 12.4 Å². The molecule has 0 saturated carbocycles. The molecule has 0 unspecified atom stereocenters. The lowest BCUT2D eigenvalue weighted by Gasteiger charge is -2.35. The van der Waals surface area contributed by atoms with Gasteiger partial charge in [0.25, 0.3) is 0 Å². The van der Waals surface area contributed by atoms with Crippen LogP contribution in [0.3, 0.4) is 0 Å². The minimum atomic E-state index is -0.0232. The van der Waals surface area contributed by atoms with E-state index in [0.717, 1.165) is 37.3 Å². The third-order valence-corrected chi connectivity index (χ3v) is 5.91. The first-order valence-corrected chi connectivity index (χ1v) is 10.2. The SMILES string of the molecule is C[C@H]1Cc2ccccc2N1C(=O)[C@@H]1CCCN(c2ccc(-n3cccn3)nn2)C1. The van der Waals surface area contributed by atoms with Crippen molar-refractivity contribution in [2.75, 3.05) is 22.9 Å². The van der Waals surface area contributed by atoms with Crippen LogP contribution in [-0.4, -0.2) is 45.0 Å². The van der Waals surface area contributed by atoms with Gasteiger partial charge in [-0.2, -0.15) is 5.10 Å². The Kier molecular flexibility index (Phi) is 4.50. The minimum Gasteiger partial charge on any atom is -0.354 e. The van der Waals surface area contributed by atoms with Crippen molar-refractivity contribution >= 4 is 17.4 Å². The summed E-state index contributed by atoms with van der Waals surface area (Å²) in [6.07, 6.45) is 6.38. The van der Waals surface area contributed by atoms with E-state index < -0.39 is 0 Å². The Labute approximate surface area is 170 Å². The number of fused-ring (bicyclic) bond motifs is 1. The van der Waals surface area contributed by atoms with Crippen LogP contribution in [0.2, 0.25) is 0 Å². The molecular weight excluding hydrogens is 364 g/mol. The van der Waals surface area contributed by atoms with E-state index in [9.17, 15) is 4.79 Å². The summed E-state index contributed by atoms with van der Waals surface area (Å²) in [5, 5.41) is 12.9. The van der Waals surface area contributed by atoms with Gasteiger partial charge in [-0.05, 0) is 56.0 Å². The van der Waals surface area contributed by atoms with Gasteiger partial charge in [0.1, 0.15) is 0 Å². The highest BCUT2D eigenvalue weighted by Crippen LogP contribution is 2.34. The van der Waals surface area contributed by atoms with Gasteiger partial charge < -0.3 is 9.80 Å². The molecule has 2 aromatic heterocycles. The molecule has 1 fully saturated rings. The predicted octanol–water partition coefficient (Wildman–Crippen LogP) is 2.86. The number of amides is 1. The van der Waals surface area contributed by atoms with Gasteiger partial charge in [-0.3, -0.25) is 4.79 Å². The van der Waals surface area contributed by atoms with Gasteiger partial charge in [0.2, 0.25) is 5.91 Å². The first-order chi connectivity index (χ1) is 14.2. The average Bonchev–Trinajstić information content (AvgIpc) is 3.41. The van der Waals surface area contributed by atoms with Crippen molar-refractivity contribution in [3.05, 3.63) is 60.4 Å². The van der Waals surface area contributed by atoms with Crippen LogP contribution in [0.5, 0.6) is 0 Å². The fourth-order valence-corrected chi connectivity index (χ4v) is 4.50. The highest BCUT2D eigenvalue weighted by atomic mass is 16.2. The van der Waals surface area contributed by atoms with Crippen LogP contribution >= 0.6 is 0 Å². The molecule has 148 valence electrons. The number of hydrogen-bond donors (Lipinski definition) is 0. The molecule has 7 heteroatoms. The molecule has 29 heavy (non-hydrogen) atoms. The monoisotopic (exact) mass is 388 g/mol. The lowest BCUT2D eigenvalue weighted by molar-refractivity contribution is -0.122. The quantitative estimate of drug-likeness (QED) is 0.690. The Bertz CT molecular complexity index is 1000. The Hall–Kier alpha value is -3.22. The molecule has 0 aliphatic carbocycles. The lowest BCUT2D eigenvalue weighted by Crippen LogP contribution is -2.47. The molecule has 1 amide bonds. The van der Waals surface area contributed by atoms with E-state index in [2.05, 4.69) is 39.3 Å². The second-order valence-corrected chi connectivity index (χ2v) is 7.88. The largest absolute Gasteiger partial charge is 0.354 e. The smallest absolute Gasteiger partial charge is 0.232 e. The first kappa shape index (κ1) is 17.8. The molecule has 2 aliphatic rings. The molecule has 7 nitrogen and oxygen atoms in total. The van der Waals surface area contributed by atoms with Gasteiger partial charge in [-0.15, -0.1) is 10.2 Å². The van der Waals surface area contributed by atoms with E-state index in [1.54, 1.807) is 10.9 Å². The van der Waals surface area contributed by atoms with E-state index in [-0.39, 0.29) is 17.9 Å². The molecule has 5 rings (SSSR count). The van der Waals surface area contributed by atoms with E-state index in [1.165, 1.54) is 5.56 Å². The zero-order valence-electron chi connectivity index (χ0n) is 16.5. The number of piperidine rings is 1. The first-order valence-electron chi connectivity index (χ1n) is 10.2. The molecule has 1 aromatic carbocycles. The van der Waals surface area contributed by atoms with Gasteiger partial charge in [0.05, 0.1) is 5.92 Å². The molecular formula is C22H24N6O. The van der Waals surface area contributed by atoms with Gasteiger partial charge >= 0.3 is 0 Å². The maximum absolute atomic E-state index is 13.4. The van der Waals surface area contributed by atoms with Crippen molar-refractivity contribution in [2.45, 2.75) is 32.2 Å². The third kappa shape index (κ3) is 3.26. The number of hydrogen-bond acceptors (Lipinski definition) is 5. The maximum Gasteiger partial charge on any atom is 0.232 e. The molecule has 1 saturated heterocycles. The third-order valence-electron chi connectivity index (χ3n) is 5.91. The summed E-state index contributed by atoms with van der Waals surface area (Å²) in [7, 11) is 0. The minimum absolute atomic E-state index is 0.0232. The molecule has 0 radical (unpaired) electrons. The van der Waals surface area contributed by atoms with Crippen LogP contribution in [0.4, 0.5) is 11.5 Å². The Morgan fingerprint density at radius 3 is 2.69 bits per heavy atom. The molecule has 2 atom stereocenters. The number of aromatic nitrogens is 4. The highest BCUT2D eigenvalue weighted by molar-refractivity contribution is 5.98. The number of nitrogens with zero attached hydrogens (tertiary/aromatic N) is 6. The topological polar surface area (TPSA) is 67.2 Å². The number of rotatable bonds is 3. The van der Waals surface area contributed by atoms with Crippen molar-refractivity contribution in [2.24, 2.45) is 5.92 Å². The van der Waals surface area contributed by atoms with E-state index in [1.807, 2.05) is 41.4 Å². The molecule has 3 aromatic rings. The number of para-hydroxylation sites is 1. The Morgan fingerprint density at radius 1 is 1.07 bits per heavy atom. The Balaban J connectivity index is 1.32. The summed E-state index contributed by atoms with van der Waals surface area (Å²) < 4.78 is 1.69. The zero-order valence-corrected chi connectivity index (χ0v) is 16.5. The van der Waals surface area contributed by atoms with Crippen LogP contribution in [0, 0.1) is 5.92 Å². The fraction of sp³-hybridized carbons (Fsp3) is 0.364. The summed E-state index contributed by atoms with van der Waals surface area (Å²) in [5.74, 6) is 1.71. The second kappa shape index (κ2) is 7.31. The predicted molar refractivity (Wildman–Crippen MR) is 111 cm³/mol. The van der Waals surface area contributed by atoms with Gasteiger partial charge in [-0.25, -0.2) is 4.68 Å². The summed E-state index contributed by atoms with van der Waals surface area (Å²) in [6, 6.07) is 14.2. The molecule has 0 bridgehead atoms.